The summed E-state index contributed by atoms with van der Waals surface area (Å²) in [7, 11) is 0. The standard InChI is InChI=1S/C12H23NO4/c1-3-16-12(15)7-11(14)8-13-10-4-5-17-9(2)6-10/h9-11,13-14H,3-8H2,1-2H3. The van der Waals surface area contributed by atoms with Gasteiger partial charge in [-0.25, -0.2) is 0 Å². The van der Waals surface area contributed by atoms with E-state index >= 15 is 0 Å². The Bertz CT molecular complexity index is 235. The Balaban J connectivity index is 2.14. The highest BCUT2D eigenvalue weighted by Crippen LogP contribution is 2.13. The largest absolute Gasteiger partial charge is 0.466 e. The van der Waals surface area contributed by atoms with Gasteiger partial charge in [-0.1, -0.05) is 0 Å². The molecule has 1 heterocycles. The summed E-state index contributed by atoms with van der Waals surface area (Å²) in [5.41, 5.74) is 0. The molecule has 1 rings (SSSR count). The van der Waals surface area contributed by atoms with Crippen LogP contribution in [0.1, 0.15) is 33.1 Å². The Hall–Kier alpha value is -0.650. The second kappa shape index (κ2) is 7.63. The predicted octanol–water partition coefficient (Wildman–Crippen LogP) is 0.458. The zero-order valence-corrected chi connectivity index (χ0v) is 10.6. The Labute approximate surface area is 102 Å². The van der Waals surface area contributed by atoms with Crippen molar-refractivity contribution < 1.29 is 19.4 Å². The molecule has 0 aromatic heterocycles. The lowest BCUT2D eigenvalue weighted by molar-refractivity contribution is -0.145. The molecule has 0 spiro atoms. The number of ether oxygens (including phenoxy) is 2. The van der Waals surface area contributed by atoms with Crippen molar-refractivity contribution in [2.75, 3.05) is 19.8 Å². The molecule has 0 aromatic carbocycles. The molecule has 1 saturated heterocycles. The fourth-order valence-corrected chi connectivity index (χ4v) is 1.97. The number of esters is 1. The van der Waals surface area contributed by atoms with E-state index in [1.165, 1.54) is 0 Å². The number of hydrogen-bond donors (Lipinski definition) is 2. The molecular formula is C12H23NO4. The summed E-state index contributed by atoms with van der Waals surface area (Å²) >= 11 is 0. The maximum absolute atomic E-state index is 11.1. The highest BCUT2D eigenvalue weighted by Gasteiger charge is 2.20. The lowest BCUT2D eigenvalue weighted by Crippen LogP contribution is -2.41. The minimum Gasteiger partial charge on any atom is -0.466 e. The first kappa shape index (κ1) is 14.4. The van der Waals surface area contributed by atoms with E-state index < -0.39 is 6.10 Å². The zero-order valence-electron chi connectivity index (χ0n) is 10.6. The number of aliphatic hydroxyl groups excluding tert-OH is 1. The summed E-state index contributed by atoms with van der Waals surface area (Å²) in [5.74, 6) is -0.345. The van der Waals surface area contributed by atoms with Gasteiger partial charge >= 0.3 is 5.97 Å². The summed E-state index contributed by atoms with van der Waals surface area (Å²) in [6.07, 6.45) is 1.55. The maximum Gasteiger partial charge on any atom is 0.308 e. The van der Waals surface area contributed by atoms with Crippen molar-refractivity contribution in [2.24, 2.45) is 0 Å². The molecule has 2 N–H and O–H groups in total. The van der Waals surface area contributed by atoms with Gasteiger partial charge < -0.3 is 19.9 Å². The van der Waals surface area contributed by atoms with Crippen LogP contribution in [-0.2, 0) is 14.3 Å². The minimum atomic E-state index is -0.674. The number of nitrogens with one attached hydrogen (secondary N) is 1. The molecule has 17 heavy (non-hydrogen) atoms. The van der Waals surface area contributed by atoms with E-state index in [1.807, 2.05) is 6.92 Å². The van der Waals surface area contributed by atoms with E-state index in [1.54, 1.807) is 6.92 Å². The first-order valence-corrected chi connectivity index (χ1v) is 6.30. The average molecular weight is 245 g/mol. The Morgan fingerprint density at radius 2 is 2.41 bits per heavy atom. The molecule has 1 aliphatic rings. The van der Waals surface area contributed by atoms with Crippen molar-refractivity contribution in [3.05, 3.63) is 0 Å². The van der Waals surface area contributed by atoms with Gasteiger partial charge in [-0.3, -0.25) is 4.79 Å². The van der Waals surface area contributed by atoms with E-state index in [4.69, 9.17) is 9.47 Å². The lowest BCUT2D eigenvalue weighted by Gasteiger charge is -2.28. The van der Waals surface area contributed by atoms with Gasteiger partial charge in [0.25, 0.3) is 0 Å². The Kier molecular flexibility index (Phi) is 6.47. The first-order chi connectivity index (χ1) is 8.11. The number of hydrogen-bond acceptors (Lipinski definition) is 5. The van der Waals surface area contributed by atoms with Gasteiger partial charge in [-0.05, 0) is 26.7 Å². The van der Waals surface area contributed by atoms with Crippen LogP contribution >= 0.6 is 0 Å². The van der Waals surface area contributed by atoms with Crippen LogP contribution in [0.15, 0.2) is 0 Å². The minimum absolute atomic E-state index is 0.0552. The normalized spacial score (nSPS) is 26.5. The molecule has 0 bridgehead atoms. The summed E-state index contributed by atoms with van der Waals surface area (Å²) in [6, 6.07) is 0.371. The van der Waals surface area contributed by atoms with Crippen LogP contribution < -0.4 is 5.32 Å². The summed E-state index contributed by atoms with van der Waals surface area (Å²) < 4.78 is 10.2. The quantitative estimate of drug-likeness (QED) is 0.665. The van der Waals surface area contributed by atoms with Gasteiger partial charge in [-0.2, -0.15) is 0 Å². The number of rotatable bonds is 6. The highest BCUT2D eigenvalue weighted by molar-refractivity contribution is 5.69. The van der Waals surface area contributed by atoms with Gasteiger partial charge in [0, 0.05) is 19.2 Å². The van der Waals surface area contributed by atoms with E-state index in [-0.39, 0.29) is 18.5 Å². The van der Waals surface area contributed by atoms with Crippen molar-refractivity contribution in [2.45, 2.75) is 51.4 Å². The van der Waals surface area contributed by atoms with Gasteiger partial charge in [-0.15, -0.1) is 0 Å². The molecule has 5 nitrogen and oxygen atoms in total. The van der Waals surface area contributed by atoms with E-state index in [2.05, 4.69) is 5.32 Å². The molecule has 0 radical (unpaired) electrons. The van der Waals surface area contributed by atoms with Gasteiger partial charge in [0.05, 0.1) is 25.2 Å². The fraction of sp³-hybridized carbons (Fsp3) is 0.917. The molecular weight excluding hydrogens is 222 g/mol. The van der Waals surface area contributed by atoms with E-state index in [0.717, 1.165) is 19.4 Å². The van der Waals surface area contributed by atoms with Crippen LogP contribution in [0.2, 0.25) is 0 Å². The molecule has 1 aliphatic heterocycles. The van der Waals surface area contributed by atoms with Crippen molar-refractivity contribution in [1.29, 1.82) is 0 Å². The van der Waals surface area contributed by atoms with Crippen LogP contribution in [0.3, 0.4) is 0 Å². The molecule has 0 aliphatic carbocycles. The van der Waals surface area contributed by atoms with Crippen molar-refractivity contribution >= 4 is 5.97 Å². The number of carbonyl (C=O) groups excluding carboxylic acids is 1. The van der Waals surface area contributed by atoms with Crippen LogP contribution in [-0.4, -0.2) is 49.1 Å². The number of aliphatic hydroxyl groups is 1. The van der Waals surface area contributed by atoms with E-state index in [0.29, 0.717) is 19.2 Å². The molecule has 100 valence electrons. The average Bonchev–Trinajstić information content (AvgIpc) is 2.27. The molecule has 3 atom stereocenters. The molecule has 0 aromatic rings. The topological polar surface area (TPSA) is 67.8 Å². The van der Waals surface area contributed by atoms with Crippen molar-refractivity contribution in [1.82, 2.24) is 5.32 Å². The lowest BCUT2D eigenvalue weighted by atomic mass is 10.0. The molecule has 0 amide bonds. The zero-order chi connectivity index (χ0) is 12.7. The second-order valence-corrected chi connectivity index (χ2v) is 4.47. The fourth-order valence-electron chi connectivity index (χ4n) is 1.97. The first-order valence-electron chi connectivity index (χ1n) is 6.30. The third-order valence-electron chi connectivity index (χ3n) is 2.83. The Morgan fingerprint density at radius 3 is 3.06 bits per heavy atom. The third kappa shape index (κ3) is 6.00. The summed E-state index contributed by atoms with van der Waals surface area (Å²) in [5, 5.41) is 12.9. The smallest absolute Gasteiger partial charge is 0.308 e. The summed E-state index contributed by atoms with van der Waals surface area (Å²) in [4.78, 5) is 11.1. The maximum atomic E-state index is 11.1. The highest BCUT2D eigenvalue weighted by atomic mass is 16.5. The molecule has 3 unspecified atom stereocenters. The van der Waals surface area contributed by atoms with Crippen LogP contribution in [0, 0.1) is 0 Å². The van der Waals surface area contributed by atoms with Crippen LogP contribution in [0.25, 0.3) is 0 Å². The monoisotopic (exact) mass is 245 g/mol. The Morgan fingerprint density at radius 1 is 1.65 bits per heavy atom. The number of carbonyl (C=O) groups is 1. The van der Waals surface area contributed by atoms with Gasteiger partial charge in [0.2, 0.25) is 0 Å². The molecule has 5 heteroatoms. The van der Waals surface area contributed by atoms with Crippen molar-refractivity contribution in [3.63, 3.8) is 0 Å². The second-order valence-electron chi connectivity index (χ2n) is 4.47. The van der Waals surface area contributed by atoms with Gasteiger partial charge in [0.1, 0.15) is 0 Å². The van der Waals surface area contributed by atoms with Crippen molar-refractivity contribution in [3.8, 4) is 0 Å². The van der Waals surface area contributed by atoms with Crippen LogP contribution in [0.5, 0.6) is 0 Å². The van der Waals surface area contributed by atoms with Crippen LogP contribution in [0.4, 0.5) is 0 Å². The third-order valence-corrected chi connectivity index (χ3v) is 2.83. The van der Waals surface area contributed by atoms with Gasteiger partial charge in [0.15, 0.2) is 0 Å². The summed E-state index contributed by atoms with van der Waals surface area (Å²) in [6.45, 7) is 5.34. The predicted molar refractivity (Wildman–Crippen MR) is 63.7 cm³/mol. The molecule has 1 fully saturated rings. The SMILES string of the molecule is CCOC(=O)CC(O)CNC1CCOC(C)C1. The van der Waals surface area contributed by atoms with E-state index in [9.17, 15) is 9.90 Å². The molecule has 0 saturated carbocycles.